The molecule has 0 radical (unpaired) electrons. The topological polar surface area (TPSA) is 89.2 Å². The summed E-state index contributed by atoms with van der Waals surface area (Å²) in [5, 5.41) is 5.08. The van der Waals surface area contributed by atoms with Crippen LogP contribution in [0.25, 0.3) is 17.1 Å². The van der Waals surface area contributed by atoms with E-state index in [9.17, 15) is 9.59 Å². The lowest BCUT2D eigenvalue weighted by atomic mass is 10.1. The van der Waals surface area contributed by atoms with Crippen LogP contribution in [0.15, 0.2) is 83.5 Å². The monoisotopic (exact) mass is 420 g/mol. The lowest BCUT2D eigenvalue weighted by molar-refractivity contribution is -0.121. The molecular weight excluding hydrogens is 404 g/mol. The van der Waals surface area contributed by atoms with Crippen molar-refractivity contribution in [2.24, 2.45) is 0 Å². The van der Waals surface area contributed by atoms with Gasteiger partial charge in [-0.15, -0.1) is 0 Å². The molecule has 0 aliphatic rings. The fourth-order valence-corrected chi connectivity index (χ4v) is 3.00. The third-order valence-corrected chi connectivity index (χ3v) is 4.56. The fourth-order valence-electron chi connectivity index (χ4n) is 2.88. The number of rotatable bonds is 5. The minimum absolute atomic E-state index is 0.104. The minimum atomic E-state index is -0.506. The van der Waals surface area contributed by atoms with Gasteiger partial charge < -0.3 is 4.42 Å². The summed E-state index contributed by atoms with van der Waals surface area (Å²) in [6.07, 6.45) is 1.64. The number of nitrogens with zero attached hydrogens (tertiary/aromatic N) is 2. The first-order valence-electron chi connectivity index (χ1n) is 9.13. The van der Waals surface area contributed by atoms with Crippen molar-refractivity contribution in [1.29, 1.82) is 0 Å². The molecule has 8 heteroatoms. The molecule has 0 bridgehead atoms. The molecule has 0 fully saturated rings. The van der Waals surface area contributed by atoms with E-state index in [1.807, 2.05) is 30.3 Å². The Bertz CT molecular complexity index is 1150. The zero-order chi connectivity index (χ0) is 20.9. The number of hydrogen-bond donors (Lipinski definition) is 2. The van der Waals surface area contributed by atoms with Crippen molar-refractivity contribution < 1.29 is 14.0 Å². The number of hydrogen-bond acceptors (Lipinski definition) is 4. The van der Waals surface area contributed by atoms with Gasteiger partial charge in [-0.05, 0) is 42.0 Å². The number of halogens is 1. The van der Waals surface area contributed by atoms with Crippen LogP contribution in [0.1, 0.15) is 16.1 Å². The number of amides is 2. The Morgan fingerprint density at radius 2 is 1.73 bits per heavy atom. The molecule has 4 rings (SSSR count). The molecule has 2 amide bonds. The molecular formula is C22H17ClN4O3. The average molecular weight is 421 g/mol. The van der Waals surface area contributed by atoms with Crippen LogP contribution in [-0.2, 0) is 11.2 Å². The molecule has 0 aliphatic carbocycles. The molecule has 0 saturated carbocycles. The summed E-state index contributed by atoms with van der Waals surface area (Å²) in [7, 11) is 0. The van der Waals surface area contributed by atoms with Crippen molar-refractivity contribution in [3.63, 3.8) is 0 Å². The molecule has 0 saturated heterocycles. The van der Waals surface area contributed by atoms with Crippen molar-refractivity contribution in [3.05, 3.63) is 95.3 Å². The van der Waals surface area contributed by atoms with Crippen LogP contribution in [0.4, 0.5) is 0 Å². The van der Waals surface area contributed by atoms with Crippen LogP contribution in [0.5, 0.6) is 0 Å². The minimum Gasteiger partial charge on any atom is -0.463 e. The van der Waals surface area contributed by atoms with Crippen LogP contribution in [0, 0.1) is 0 Å². The molecule has 0 spiro atoms. The Balaban J connectivity index is 1.51. The summed E-state index contributed by atoms with van der Waals surface area (Å²) in [4.78, 5) is 25.0. The van der Waals surface area contributed by atoms with Gasteiger partial charge in [0.25, 0.3) is 5.91 Å². The lowest BCUT2D eigenvalue weighted by Gasteiger charge is -2.09. The molecule has 2 aromatic heterocycles. The summed E-state index contributed by atoms with van der Waals surface area (Å²) in [5.41, 5.74) is 7.10. The summed E-state index contributed by atoms with van der Waals surface area (Å²) in [6.45, 7) is 0. The van der Waals surface area contributed by atoms with E-state index in [0.29, 0.717) is 22.2 Å². The normalized spacial score (nSPS) is 10.6. The quantitative estimate of drug-likeness (QED) is 0.481. The number of hydrazine groups is 1. The Morgan fingerprint density at radius 3 is 2.43 bits per heavy atom. The molecule has 2 heterocycles. The number of carbonyl (C=O) groups excluding carboxylic acids is 2. The summed E-state index contributed by atoms with van der Waals surface area (Å²) < 4.78 is 6.89. The second-order valence-electron chi connectivity index (χ2n) is 6.45. The first-order chi connectivity index (χ1) is 14.6. The smallest absolute Gasteiger partial charge is 0.288 e. The highest BCUT2D eigenvalue weighted by Gasteiger charge is 2.19. The van der Waals surface area contributed by atoms with Crippen LogP contribution >= 0.6 is 11.6 Å². The van der Waals surface area contributed by atoms with Gasteiger partial charge in [0.05, 0.1) is 18.4 Å². The maximum atomic E-state index is 12.8. The third-order valence-electron chi connectivity index (χ3n) is 4.31. The van der Waals surface area contributed by atoms with Crippen LogP contribution in [0.3, 0.4) is 0 Å². The van der Waals surface area contributed by atoms with E-state index in [1.54, 1.807) is 42.5 Å². The number of benzene rings is 2. The molecule has 30 heavy (non-hydrogen) atoms. The Hall–Kier alpha value is -3.84. The Kier molecular flexibility index (Phi) is 5.63. The van der Waals surface area contributed by atoms with Gasteiger partial charge in [-0.1, -0.05) is 41.9 Å². The van der Waals surface area contributed by atoms with Crippen molar-refractivity contribution in [2.75, 3.05) is 0 Å². The summed E-state index contributed by atoms with van der Waals surface area (Å²) in [5.74, 6) is -0.332. The van der Waals surface area contributed by atoms with Gasteiger partial charge in [-0.3, -0.25) is 20.4 Å². The average Bonchev–Trinajstić information content (AvgIpc) is 3.44. The van der Waals surface area contributed by atoms with E-state index >= 15 is 0 Å². The van der Waals surface area contributed by atoms with Gasteiger partial charge in [0.15, 0.2) is 5.76 Å². The summed E-state index contributed by atoms with van der Waals surface area (Å²) in [6, 6.07) is 21.2. The third kappa shape index (κ3) is 4.42. The molecule has 7 nitrogen and oxygen atoms in total. The zero-order valence-corrected chi connectivity index (χ0v) is 16.5. The predicted octanol–water partition coefficient (Wildman–Crippen LogP) is 3.79. The van der Waals surface area contributed by atoms with Crippen LogP contribution in [-0.4, -0.2) is 21.6 Å². The van der Waals surface area contributed by atoms with E-state index < -0.39 is 5.91 Å². The highest BCUT2D eigenvalue weighted by Crippen LogP contribution is 2.22. The number of carbonyl (C=O) groups is 2. The van der Waals surface area contributed by atoms with Gasteiger partial charge in [0.1, 0.15) is 11.4 Å². The highest BCUT2D eigenvalue weighted by atomic mass is 35.5. The zero-order valence-electron chi connectivity index (χ0n) is 15.7. The Labute approximate surface area is 177 Å². The van der Waals surface area contributed by atoms with E-state index in [-0.39, 0.29) is 18.0 Å². The molecule has 2 N–H and O–H groups in total. The van der Waals surface area contributed by atoms with E-state index in [2.05, 4.69) is 16.0 Å². The molecule has 0 aliphatic heterocycles. The van der Waals surface area contributed by atoms with Crippen molar-refractivity contribution >= 4 is 23.4 Å². The van der Waals surface area contributed by atoms with Crippen molar-refractivity contribution in [2.45, 2.75) is 6.42 Å². The largest absolute Gasteiger partial charge is 0.463 e. The van der Waals surface area contributed by atoms with Crippen LogP contribution < -0.4 is 10.9 Å². The van der Waals surface area contributed by atoms with Gasteiger partial charge in [0, 0.05) is 11.1 Å². The molecule has 150 valence electrons. The predicted molar refractivity (Wildman–Crippen MR) is 112 cm³/mol. The van der Waals surface area contributed by atoms with Gasteiger partial charge in [0.2, 0.25) is 5.91 Å². The van der Waals surface area contributed by atoms with Gasteiger partial charge in [-0.25, -0.2) is 4.68 Å². The van der Waals surface area contributed by atoms with Gasteiger partial charge >= 0.3 is 0 Å². The van der Waals surface area contributed by atoms with E-state index in [1.165, 1.54) is 10.9 Å². The first kappa shape index (κ1) is 19.5. The Morgan fingerprint density at radius 1 is 0.967 bits per heavy atom. The highest BCUT2D eigenvalue weighted by molar-refractivity contribution is 6.30. The van der Waals surface area contributed by atoms with E-state index in [0.717, 1.165) is 5.56 Å². The van der Waals surface area contributed by atoms with E-state index in [4.69, 9.17) is 16.0 Å². The standard InChI is InChI=1S/C22H17ClN4O3/c23-16-10-8-15(9-11-16)13-21(28)24-25-22(29)19-14-18(20-7-4-12-30-20)26-27(19)17-5-2-1-3-6-17/h1-12,14H,13H2,(H,24,28)(H,25,29). The lowest BCUT2D eigenvalue weighted by Crippen LogP contribution is -2.43. The van der Waals surface area contributed by atoms with Crippen molar-refractivity contribution in [3.8, 4) is 17.1 Å². The second kappa shape index (κ2) is 8.67. The fraction of sp³-hybridized carbons (Fsp3) is 0.0455. The maximum Gasteiger partial charge on any atom is 0.288 e. The number of furan rings is 1. The number of aromatic nitrogens is 2. The second-order valence-corrected chi connectivity index (χ2v) is 6.88. The van der Waals surface area contributed by atoms with Crippen molar-refractivity contribution in [1.82, 2.24) is 20.6 Å². The molecule has 0 atom stereocenters. The summed E-state index contributed by atoms with van der Waals surface area (Å²) >= 11 is 5.85. The number of nitrogens with one attached hydrogen (secondary N) is 2. The number of para-hydroxylation sites is 1. The molecule has 0 unspecified atom stereocenters. The first-order valence-corrected chi connectivity index (χ1v) is 9.51. The van der Waals surface area contributed by atoms with Crippen LogP contribution in [0.2, 0.25) is 5.02 Å². The SMILES string of the molecule is O=C(Cc1ccc(Cl)cc1)NNC(=O)c1cc(-c2ccco2)nn1-c1ccccc1. The van der Waals surface area contributed by atoms with Gasteiger partial charge in [-0.2, -0.15) is 5.10 Å². The molecule has 2 aromatic carbocycles. The maximum absolute atomic E-state index is 12.8. The molecule has 4 aromatic rings.